The van der Waals surface area contributed by atoms with Crippen LogP contribution in [0.3, 0.4) is 0 Å². The van der Waals surface area contributed by atoms with E-state index >= 15 is 0 Å². The molecule has 1 aromatic carbocycles. The van der Waals surface area contributed by atoms with Gasteiger partial charge in [-0.1, -0.05) is 0 Å². The zero-order valence-electron chi connectivity index (χ0n) is 17.6. The molecule has 0 spiro atoms. The largest absolute Gasteiger partial charge is 0.368 e. The molecule has 6 rings (SSSR count). The second-order valence-electron chi connectivity index (χ2n) is 8.96. The van der Waals surface area contributed by atoms with Crippen LogP contribution >= 0.6 is 11.3 Å². The summed E-state index contributed by atoms with van der Waals surface area (Å²) in [6, 6.07) is 7.63. The van der Waals surface area contributed by atoms with Crippen molar-refractivity contribution in [3.05, 3.63) is 46.1 Å². The number of nitrogens with zero attached hydrogens (tertiary/aromatic N) is 4. The molecule has 160 valence electrons. The Morgan fingerprint density at radius 3 is 2.39 bits per heavy atom. The summed E-state index contributed by atoms with van der Waals surface area (Å²) in [4.78, 5) is 29.1. The molecule has 1 aliphatic heterocycles. The number of fused-ring (bicyclic) bond motifs is 3. The number of piperazine rings is 1. The van der Waals surface area contributed by atoms with Crippen molar-refractivity contribution in [2.24, 2.45) is 5.73 Å². The van der Waals surface area contributed by atoms with Gasteiger partial charge in [0, 0.05) is 48.2 Å². The highest BCUT2D eigenvalue weighted by atomic mass is 32.1. The molecule has 2 aliphatic carbocycles. The summed E-state index contributed by atoms with van der Waals surface area (Å²) in [5, 5.41) is 1.34. The molecule has 6 nitrogen and oxygen atoms in total. The van der Waals surface area contributed by atoms with Gasteiger partial charge in [0.15, 0.2) is 0 Å². The van der Waals surface area contributed by atoms with Crippen molar-refractivity contribution in [2.45, 2.75) is 44.4 Å². The monoisotopic (exact) mass is 433 g/mol. The van der Waals surface area contributed by atoms with E-state index in [1.807, 2.05) is 35.6 Å². The molecule has 0 radical (unpaired) electrons. The zero-order chi connectivity index (χ0) is 20.9. The van der Waals surface area contributed by atoms with Gasteiger partial charge in [0.05, 0.1) is 5.39 Å². The number of anilines is 2. The highest BCUT2D eigenvalue weighted by Gasteiger charge is 2.31. The number of nitrogens with two attached hydrogens (primary N) is 1. The highest BCUT2D eigenvalue weighted by molar-refractivity contribution is 7.19. The van der Waals surface area contributed by atoms with Crippen LogP contribution in [0.2, 0.25) is 0 Å². The summed E-state index contributed by atoms with van der Waals surface area (Å²) >= 11 is 1.91. The molecular weight excluding hydrogens is 406 g/mol. The van der Waals surface area contributed by atoms with E-state index in [2.05, 4.69) is 9.80 Å². The van der Waals surface area contributed by atoms with Crippen LogP contribution in [0.25, 0.3) is 10.2 Å². The molecule has 2 fully saturated rings. The fraction of sp³-hybridized carbons (Fsp3) is 0.458. The van der Waals surface area contributed by atoms with E-state index in [1.165, 1.54) is 65.0 Å². The van der Waals surface area contributed by atoms with Crippen LogP contribution in [0.1, 0.15) is 58.2 Å². The molecule has 0 unspecified atom stereocenters. The molecule has 0 atom stereocenters. The van der Waals surface area contributed by atoms with Crippen LogP contribution in [0.4, 0.5) is 11.5 Å². The Morgan fingerprint density at radius 2 is 1.68 bits per heavy atom. The number of aromatic nitrogens is 2. The first-order valence-corrected chi connectivity index (χ1v) is 12.2. The van der Waals surface area contributed by atoms with E-state index in [0.29, 0.717) is 11.5 Å². The Kier molecular flexibility index (Phi) is 4.60. The van der Waals surface area contributed by atoms with Crippen molar-refractivity contribution >= 4 is 39.0 Å². The summed E-state index contributed by atoms with van der Waals surface area (Å²) in [7, 11) is 0. The van der Waals surface area contributed by atoms with E-state index in [1.54, 1.807) is 0 Å². The predicted molar refractivity (Wildman–Crippen MR) is 125 cm³/mol. The lowest BCUT2D eigenvalue weighted by molar-refractivity contribution is 0.100. The third-order valence-corrected chi connectivity index (χ3v) is 8.04. The van der Waals surface area contributed by atoms with Gasteiger partial charge in [-0.15, -0.1) is 11.3 Å². The number of hydrogen-bond donors (Lipinski definition) is 1. The first-order chi connectivity index (χ1) is 15.2. The topological polar surface area (TPSA) is 75.4 Å². The van der Waals surface area contributed by atoms with Gasteiger partial charge < -0.3 is 15.5 Å². The molecule has 3 aromatic rings. The molecule has 31 heavy (non-hydrogen) atoms. The maximum atomic E-state index is 11.3. The van der Waals surface area contributed by atoms with Gasteiger partial charge in [0.2, 0.25) is 5.91 Å². The van der Waals surface area contributed by atoms with E-state index in [0.717, 1.165) is 37.7 Å². The first kappa shape index (κ1) is 19.0. The number of carbonyl (C=O) groups excluding carboxylic acids is 1. The number of primary amides is 1. The van der Waals surface area contributed by atoms with Gasteiger partial charge in [-0.25, -0.2) is 9.97 Å². The molecule has 1 saturated carbocycles. The highest BCUT2D eigenvalue weighted by Crippen LogP contribution is 2.44. The van der Waals surface area contributed by atoms with Crippen LogP contribution < -0.4 is 15.5 Å². The van der Waals surface area contributed by atoms with E-state index in [-0.39, 0.29) is 5.91 Å². The molecule has 7 heteroatoms. The number of aryl methyl sites for hydroxylation is 2. The van der Waals surface area contributed by atoms with Crippen LogP contribution in [0.5, 0.6) is 0 Å². The van der Waals surface area contributed by atoms with E-state index in [4.69, 9.17) is 15.7 Å². The van der Waals surface area contributed by atoms with Crippen LogP contribution in [0, 0.1) is 0 Å². The Bertz CT molecular complexity index is 1140. The minimum absolute atomic E-state index is 0.380. The zero-order valence-corrected chi connectivity index (χ0v) is 18.5. The number of benzene rings is 1. The van der Waals surface area contributed by atoms with Crippen molar-refractivity contribution in [3.63, 3.8) is 0 Å². The second-order valence-corrected chi connectivity index (χ2v) is 10.0. The van der Waals surface area contributed by atoms with Crippen molar-refractivity contribution in [2.75, 3.05) is 36.0 Å². The minimum Gasteiger partial charge on any atom is -0.368 e. The number of hydrogen-bond acceptors (Lipinski definition) is 6. The average molecular weight is 434 g/mol. The van der Waals surface area contributed by atoms with E-state index in [9.17, 15) is 4.79 Å². The number of amides is 1. The van der Waals surface area contributed by atoms with Gasteiger partial charge in [0.25, 0.3) is 0 Å². The summed E-state index contributed by atoms with van der Waals surface area (Å²) in [6.45, 7) is 3.76. The summed E-state index contributed by atoms with van der Waals surface area (Å²) in [6.07, 6.45) is 7.39. The smallest absolute Gasteiger partial charge is 0.248 e. The number of thiophene rings is 1. The molecule has 2 N–H and O–H groups in total. The fourth-order valence-corrected chi connectivity index (χ4v) is 6.18. The van der Waals surface area contributed by atoms with Crippen LogP contribution in [-0.4, -0.2) is 42.1 Å². The molecule has 3 heterocycles. The van der Waals surface area contributed by atoms with Gasteiger partial charge >= 0.3 is 0 Å². The Hall–Kier alpha value is -2.67. The Morgan fingerprint density at radius 1 is 0.968 bits per heavy atom. The standard InChI is InChI=1S/C24H27N5OS/c25-21(30)15-7-9-17(10-8-15)28-11-13-29(14-12-28)23-20-18-3-1-2-4-19(18)31-24(20)27-22(26-23)16-5-6-16/h7-10,16H,1-6,11-14H2,(H2,25,30). The Balaban J connectivity index is 1.29. The van der Waals surface area contributed by atoms with Crippen LogP contribution in [0.15, 0.2) is 24.3 Å². The van der Waals surface area contributed by atoms with Crippen molar-refractivity contribution in [1.29, 1.82) is 0 Å². The average Bonchev–Trinajstić information content (AvgIpc) is 3.59. The lowest BCUT2D eigenvalue weighted by Gasteiger charge is -2.37. The predicted octanol–water partition coefficient (Wildman–Crippen LogP) is 3.87. The van der Waals surface area contributed by atoms with Crippen LogP contribution in [-0.2, 0) is 12.8 Å². The van der Waals surface area contributed by atoms with Crippen molar-refractivity contribution in [1.82, 2.24) is 9.97 Å². The number of carbonyl (C=O) groups is 1. The molecule has 1 amide bonds. The third-order valence-electron chi connectivity index (χ3n) is 6.85. The fourth-order valence-electron chi connectivity index (χ4n) is 4.92. The second kappa shape index (κ2) is 7.48. The maximum Gasteiger partial charge on any atom is 0.248 e. The SMILES string of the molecule is NC(=O)c1ccc(N2CCN(c3nc(C4CC4)nc4sc5c(c34)CCCC5)CC2)cc1. The quantitative estimate of drug-likeness (QED) is 0.676. The normalized spacial score (nSPS) is 19.0. The molecule has 2 aromatic heterocycles. The lowest BCUT2D eigenvalue weighted by Crippen LogP contribution is -2.47. The first-order valence-electron chi connectivity index (χ1n) is 11.4. The molecular formula is C24H27N5OS. The lowest BCUT2D eigenvalue weighted by atomic mass is 9.97. The summed E-state index contributed by atoms with van der Waals surface area (Å²) < 4.78 is 0. The van der Waals surface area contributed by atoms with Crippen molar-refractivity contribution < 1.29 is 4.79 Å². The van der Waals surface area contributed by atoms with Gasteiger partial charge in [-0.2, -0.15) is 0 Å². The van der Waals surface area contributed by atoms with Gasteiger partial charge in [-0.3, -0.25) is 4.79 Å². The van der Waals surface area contributed by atoms with Crippen molar-refractivity contribution in [3.8, 4) is 0 Å². The van der Waals surface area contributed by atoms with Gasteiger partial charge in [0.1, 0.15) is 16.5 Å². The number of rotatable bonds is 4. The Labute approximate surface area is 186 Å². The van der Waals surface area contributed by atoms with E-state index < -0.39 is 0 Å². The van der Waals surface area contributed by atoms with Gasteiger partial charge in [-0.05, 0) is 68.4 Å². The molecule has 3 aliphatic rings. The maximum absolute atomic E-state index is 11.3. The molecule has 1 saturated heterocycles. The molecule has 0 bridgehead atoms. The minimum atomic E-state index is -0.380. The summed E-state index contributed by atoms with van der Waals surface area (Å²) in [5.41, 5.74) is 8.60. The third kappa shape index (κ3) is 3.45. The summed E-state index contributed by atoms with van der Waals surface area (Å²) in [5.74, 6) is 2.42.